The summed E-state index contributed by atoms with van der Waals surface area (Å²) in [6.07, 6.45) is 7.34. The van der Waals surface area contributed by atoms with Gasteiger partial charge in [0.05, 0.1) is 6.54 Å². The Hall–Kier alpha value is -0.610. The van der Waals surface area contributed by atoms with E-state index in [1.807, 2.05) is 0 Å². The van der Waals surface area contributed by atoms with Crippen molar-refractivity contribution in [2.24, 2.45) is 0 Å². The van der Waals surface area contributed by atoms with Gasteiger partial charge in [-0.2, -0.15) is 0 Å². The van der Waals surface area contributed by atoms with Gasteiger partial charge in [-0.1, -0.05) is 26.2 Å². The highest BCUT2D eigenvalue weighted by Crippen LogP contribution is 2.17. The average Bonchev–Trinajstić information content (AvgIpc) is 2.28. The van der Waals surface area contributed by atoms with Crippen LogP contribution in [0.3, 0.4) is 0 Å². The highest BCUT2D eigenvalue weighted by atomic mass is 16.2. The predicted molar refractivity (Wildman–Crippen MR) is 73.5 cm³/mol. The molecule has 2 aliphatic rings. The number of carbonyl (C=O) groups is 1. The molecule has 0 unspecified atom stereocenters. The molecule has 4 nitrogen and oxygen atoms in total. The van der Waals surface area contributed by atoms with E-state index in [1.54, 1.807) is 0 Å². The monoisotopic (exact) mass is 253 g/mol. The molecule has 1 aliphatic carbocycles. The molecular formula is C14H27N3O. The first kappa shape index (κ1) is 13.8. The molecule has 0 aromatic carbocycles. The van der Waals surface area contributed by atoms with Crippen LogP contribution in [0.5, 0.6) is 0 Å². The molecule has 1 saturated carbocycles. The van der Waals surface area contributed by atoms with Crippen LogP contribution in [0.2, 0.25) is 0 Å². The van der Waals surface area contributed by atoms with Crippen molar-refractivity contribution in [2.75, 3.05) is 26.2 Å². The molecule has 2 rings (SSSR count). The summed E-state index contributed by atoms with van der Waals surface area (Å²) in [6, 6.07) is 1.01. The molecule has 1 aliphatic heterocycles. The normalized spacial score (nSPS) is 21.9. The van der Waals surface area contributed by atoms with Crippen LogP contribution in [-0.2, 0) is 4.79 Å². The quantitative estimate of drug-likeness (QED) is 0.745. The predicted octanol–water partition coefficient (Wildman–Crippen LogP) is 1.12. The summed E-state index contributed by atoms with van der Waals surface area (Å²) < 4.78 is 0. The van der Waals surface area contributed by atoms with Crippen LogP contribution in [-0.4, -0.2) is 49.1 Å². The minimum atomic E-state index is 0.224. The minimum Gasteiger partial charge on any atom is -0.352 e. The third kappa shape index (κ3) is 3.95. The highest BCUT2D eigenvalue weighted by Gasteiger charge is 2.26. The molecule has 2 N–H and O–H groups in total. The summed E-state index contributed by atoms with van der Waals surface area (Å²) >= 11 is 0. The van der Waals surface area contributed by atoms with Crippen LogP contribution >= 0.6 is 0 Å². The zero-order valence-corrected chi connectivity index (χ0v) is 11.6. The Kier molecular flexibility index (Phi) is 5.45. The molecule has 0 spiro atoms. The smallest absolute Gasteiger partial charge is 0.234 e. The first-order valence-electron chi connectivity index (χ1n) is 7.53. The third-order valence-corrected chi connectivity index (χ3v) is 4.10. The molecule has 4 heteroatoms. The summed E-state index contributed by atoms with van der Waals surface area (Å²) in [5.41, 5.74) is 0. The first-order chi connectivity index (χ1) is 8.79. The van der Waals surface area contributed by atoms with Gasteiger partial charge in [-0.25, -0.2) is 0 Å². The minimum absolute atomic E-state index is 0.224. The molecule has 1 heterocycles. The van der Waals surface area contributed by atoms with Gasteiger partial charge in [0.1, 0.15) is 0 Å². The molecular weight excluding hydrogens is 226 g/mol. The Morgan fingerprint density at radius 1 is 1.28 bits per heavy atom. The van der Waals surface area contributed by atoms with E-state index in [9.17, 15) is 4.79 Å². The summed E-state index contributed by atoms with van der Waals surface area (Å²) in [5.74, 6) is 0.224. The Bertz CT molecular complexity index is 260. The van der Waals surface area contributed by atoms with Crippen molar-refractivity contribution in [1.29, 1.82) is 0 Å². The molecule has 1 amide bonds. The standard InChI is InChI=1S/C14H27N3O/c1-2-8-17(13-9-15-10-13)11-14(18)16-12-6-4-3-5-7-12/h12-13,15H,2-11H2,1H3,(H,16,18). The molecule has 2 fully saturated rings. The van der Waals surface area contributed by atoms with Crippen LogP contribution in [0.25, 0.3) is 0 Å². The molecule has 0 aromatic heterocycles. The van der Waals surface area contributed by atoms with Crippen LogP contribution < -0.4 is 10.6 Å². The molecule has 0 atom stereocenters. The van der Waals surface area contributed by atoms with Crippen molar-refractivity contribution in [3.8, 4) is 0 Å². The molecule has 104 valence electrons. The van der Waals surface area contributed by atoms with Crippen molar-refractivity contribution >= 4 is 5.91 Å². The Morgan fingerprint density at radius 3 is 2.56 bits per heavy atom. The SMILES string of the molecule is CCCN(CC(=O)NC1CCCCC1)C1CNC1. The second kappa shape index (κ2) is 7.10. The Morgan fingerprint density at radius 2 is 2.00 bits per heavy atom. The van der Waals surface area contributed by atoms with Gasteiger partial charge >= 0.3 is 0 Å². The molecule has 0 radical (unpaired) electrons. The van der Waals surface area contributed by atoms with E-state index in [0.29, 0.717) is 18.6 Å². The van der Waals surface area contributed by atoms with Gasteiger partial charge in [-0.3, -0.25) is 9.69 Å². The van der Waals surface area contributed by atoms with Crippen LogP contribution in [0, 0.1) is 0 Å². The van der Waals surface area contributed by atoms with Crippen molar-refractivity contribution < 1.29 is 4.79 Å². The van der Waals surface area contributed by atoms with Gasteiger partial charge in [0.25, 0.3) is 0 Å². The Labute approximate surface area is 110 Å². The van der Waals surface area contributed by atoms with E-state index in [4.69, 9.17) is 0 Å². The zero-order valence-electron chi connectivity index (χ0n) is 11.6. The maximum atomic E-state index is 12.1. The van der Waals surface area contributed by atoms with Gasteiger partial charge in [0, 0.05) is 25.2 Å². The van der Waals surface area contributed by atoms with Crippen molar-refractivity contribution in [3.63, 3.8) is 0 Å². The lowest BCUT2D eigenvalue weighted by Crippen LogP contribution is -2.59. The summed E-state index contributed by atoms with van der Waals surface area (Å²) in [4.78, 5) is 14.4. The third-order valence-electron chi connectivity index (χ3n) is 4.10. The van der Waals surface area contributed by atoms with Crippen LogP contribution in [0.4, 0.5) is 0 Å². The topological polar surface area (TPSA) is 44.4 Å². The van der Waals surface area contributed by atoms with Gasteiger partial charge < -0.3 is 10.6 Å². The maximum Gasteiger partial charge on any atom is 0.234 e. The van der Waals surface area contributed by atoms with Gasteiger partial charge in [-0.15, -0.1) is 0 Å². The van der Waals surface area contributed by atoms with E-state index in [2.05, 4.69) is 22.5 Å². The number of nitrogens with zero attached hydrogens (tertiary/aromatic N) is 1. The number of amides is 1. The van der Waals surface area contributed by atoms with E-state index in [0.717, 1.165) is 26.1 Å². The summed E-state index contributed by atoms with van der Waals surface area (Å²) in [5, 5.41) is 6.49. The van der Waals surface area contributed by atoms with Crippen LogP contribution in [0.15, 0.2) is 0 Å². The lowest BCUT2D eigenvalue weighted by Gasteiger charge is -2.38. The zero-order chi connectivity index (χ0) is 12.8. The largest absolute Gasteiger partial charge is 0.352 e. The fourth-order valence-corrected chi connectivity index (χ4v) is 2.91. The number of rotatable bonds is 6. The molecule has 1 saturated heterocycles. The summed E-state index contributed by atoms with van der Waals surface area (Å²) in [6.45, 7) is 5.87. The summed E-state index contributed by atoms with van der Waals surface area (Å²) in [7, 11) is 0. The average molecular weight is 253 g/mol. The van der Waals surface area contributed by atoms with E-state index in [-0.39, 0.29) is 5.91 Å². The Balaban J connectivity index is 1.73. The van der Waals surface area contributed by atoms with E-state index < -0.39 is 0 Å². The maximum absolute atomic E-state index is 12.1. The van der Waals surface area contributed by atoms with Crippen molar-refractivity contribution in [3.05, 3.63) is 0 Å². The lowest BCUT2D eigenvalue weighted by molar-refractivity contribution is -0.124. The molecule has 0 bridgehead atoms. The molecule has 18 heavy (non-hydrogen) atoms. The van der Waals surface area contributed by atoms with Crippen molar-refractivity contribution in [1.82, 2.24) is 15.5 Å². The second-order valence-electron chi connectivity index (χ2n) is 5.68. The van der Waals surface area contributed by atoms with Crippen molar-refractivity contribution in [2.45, 2.75) is 57.5 Å². The highest BCUT2D eigenvalue weighted by molar-refractivity contribution is 5.78. The number of nitrogens with one attached hydrogen (secondary N) is 2. The first-order valence-corrected chi connectivity index (χ1v) is 7.53. The number of hydrogen-bond acceptors (Lipinski definition) is 3. The van der Waals surface area contributed by atoms with E-state index >= 15 is 0 Å². The number of hydrogen-bond donors (Lipinski definition) is 2. The fraction of sp³-hybridized carbons (Fsp3) is 0.929. The van der Waals surface area contributed by atoms with Gasteiger partial charge in [0.15, 0.2) is 0 Å². The van der Waals surface area contributed by atoms with E-state index in [1.165, 1.54) is 32.1 Å². The van der Waals surface area contributed by atoms with Gasteiger partial charge in [0.2, 0.25) is 5.91 Å². The van der Waals surface area contributed by atoms with Gasteiger partial charge in [-0.05, 0) is 25.8 Å². The molecule has 0 aromatic rings. The number of carbonyl (C=O) groups excluding carboxylic acids is 1. The lowest BCUT2D eigenvalue weighted by atomic mass is 9.95. The van der Waals surface area contributed by atoms with Crippen LogP contribution in [0.1, 0.15) is 45.4 Å². The second-order valence-corrected chi connectivity index (χ2v) is 5.68. The fourth-order valence-electron chi connectivity index (χ4n) is 2.91.